The Labute approximate surface area is 169 Å². The molecule has 0 N–H and O–H groups in total. The number of hydrogen-bond acceptors (Lipinski definition) is 7. The lowest BCUT2D eigenvalue weighted by molar-refractivity contribution is 0.384. The van der Waals surface area contributed by atoms with Crippen LogP contribution in [0.4, 0.5) is 5.82 Å². The van der Waals surface area contributed by atoms with Gasteiger partial charge in [-0.3, -0.25) is 0 Å². The molecule has 27 heavy (non-hydrogen) atoms. The summed E-state index contributed by atoms with van der Waals surface area (Å²) in [6.07, 6.45) is 3.53. The van der Waals surface area contributed by atoms with Crippen molar-refractivity contribution in [3.8, 4) is 5.82 Å². The van der Waals surface area contributed by atoms with Crippen LogP contribution in [0.25, 0.3) is 5.82 Å². The minimum absolute atomic E-state index is 0.363. The quantitative estimate of drug-likeness (QED) is 0.583. The highest BCUT2D eigenvalue weighted by molar-refractivity contribution is 9.11. The van der Waals surface area contributed by atoms with Crippen LogP contribution in [0.5, 0.6) is 0 Å². The zero-order chi connectivity index (χ0) is 19.0. The lowest BCUT2D eigenvalue weighted by Gasteiger charge is -2.34. The van der Waals surface area contributed by atoms with Gasteiger partial charge < -0.3 is 4.90 Å². The van der Waals surface area contributed by atoms with E-state index in [0.29, 0.717) is 42.0 Å². The van der Waals surface area contributed by atoms with Crippen LogP contribution in [0.15, 0.2) is 44.7 Å². The van der Waals surface area contributed by atoms with Crippen molar-refractivity contribution in [3.63, 3.8) is 0 Å². The molecular weight excluding hydrogens is 452 g/mol. The fraction of sp³-hybridized carbons (Fsp3) is 0.312. The highest BCUT2D eigenvalue weighted by Gasteiger charge is 2.30. The summed E-state index contributed by atoms with van der Waals surface area (Å²) in [7, 11) is -3.45. The third kappa shape index (κ3) is 3.77. The van der Waals surface area contributed by atoms with E-state index in [2.05, 4.69) is 35.9 Å². The van der Waals surface area contributed by atoms with E-state index >= 15 is 0 Å². The zero-order valence-corrected chi connectivity index (χ0v) is 17.7. The molecule has 3 aromatic heterocycles. The number of rotatable bonds is 4. The molecule has 0 amide bonds. The van der Waals surface area contributed by atoms with E-state index in [9.17, 15) is 8.42 Å². The Morgan fingerprint density at radius 1 is 1.11 bits per heavy atom. The van der Waals surface area contributed by atoms with Gasteiger partial charge in [0.25, 0.3) is 10.0 Å². The van der Waals surface area contributed by atoms with Gasteiger partial charge in [0.15, 0.2) is 5.82 Å². The van der Waals surface area contributed by atoms with Crippen LogP contribution in [0.3, 0.4) is 0 Å². The van der Waals surface area contributed by atoms with Gasteiger partial charge in [0.05, 0.1) is 3.79 Å². The number of nitrogens with zero attached hydrogens (tertiary/aromatic N) is 6. The molecule has 0 unspecified atom stereocenters. The van der Waals surface area contributed by atoms with Crippen molar-refractivity contribution in [2.75, 3.05) is 31.1 Å². The van der Waals surface area contributed by atoms with Gasteiger partial charge in [-0.25, -0.2) is 23.1 Å². The number of piperazine rings is 1. The highest BCUT2D eigenvalue weighted by Crippen LogP contribution is 2.29. The van der Waals surface area contributed by atoms with E-state index in [1.54, 1.807) is 23.0 Å². The molecule has 1 aliphatic heterocycles. The van der Waals surface area contributed by atoms with Gasteiger partial charge in [-0.15, -0.1) is 11.3 Å². The van der Waals surface area contributed by atoms with Gasteiger partial charge in [0, 0.05) is 44.6 Å². The predicted octanol–water partition coefficient (Wildman–Crippen LogP) is 2.31. The van der Waals surface area contributed by atoms with Gasteiger partial charge in [-0.1, -0.05) is 0 Å². The molecule has 1 saturated heterocycles. The summed E-state index contributed by atoms with van der Waals surface area (Å²) in [5, 5.41) is 4.21. The average Bonchev–Trinajstić information content (AvgIpc) is 3.33. The second-order valence-electron chi connectivity index (χ2n) is 6.03. The van der Waals surface area contributed by atoms with Gasteiger partial charge in [-0.05, 0) is 41.1 Å². The summed E-state index contributed by atoms with van der Waals surface area (Å²) < 4.78 is 29.9. The van der Waals surface area contributed by atoms with Crippen molar-refractivity contribution in [2.45, 2.75) is 11.1 Å². The summed E-state index contributed by atoms with van der Waals surface area (Å²) in [5.74, 6) is 2.13. The number of thiophene rings is 1. The maximum atomic E-state index is 12.8. The first-order valence-electron chi connectivity index (χ1n) is 8.29. The van der Waals surface area contributed by atoms with Crippen LogP contribution >= 0.6 is 27.3 Å². The Hall–Kier alpha value is -1.82. The SMILES string of the molecule is Cc1nc(N2CCN(S(=O)(=O)c3ccc(Br)s3)CC2)cc(-n2cccn2)n1. The minimum Gasteiger partial charge on any atom is -0.354 e. The molecule has 142 valence electrons. The Balaban J connectivity index is 1.51. The van der Waals surface area contributed by atoms with Gasteiger partial charge >= 0.3 is 0 Å². The maximum Gasteiger partial charge on any atom is 0.252 e. The smallest absolute Gasteiger partial charge is 0.252 e. The van der Waals surface area contributed by atoms with Crippen molar-refractivity contribution in [1.82, 2.24) is 24.1 Å². The molecule has 0 aliphatic carbocycles. The van der Waals surface area contributed by atoms with E-state index in [1.807, 2.05) is 25.3 Å². The van der Waals surface area contributed by atoms with Crippen LogP contribution in [-0.2, 0) is 10.0 Å². The van der Waals surface area contributed by atoms with E-state index in [4.69, 9.17) is 0 Å². The highest BCUT2D eigenvalue weighted by atomic mass is 79.9. The normalized spacial score (nSPS) is 16.0. The Morgan fingerprint density at radius 2 is 1.85 bits per heavy atom. The van der Waals surface area contributed by atoms with E-state index in [1.165, 1.54) is 15.6 Å². The second kappa shape index (κ2) is 7.30. The number of hydrogen-bond donors (Lipinski definition) is 0. The van der Waals surface area contributed by atoms with Crippen LogP contribution in [0, 0.1) is 6.92 Å². The molecule has 8 nitrogen and oxygen atoms in total. The monoisotopic (exact) mass is 468 g/mol. The number of anilines is 1. The number of aryl methyl sites for hydroxylation is 1. The molecular formula is C16H17BrN6O2S2. The average molecular weight is 469 g/mol. The largest absolute Gasteiger partial charge is 0.354 e. The van der Waals surface area contributed by atoms with Crippen LogP contribution in [0.2, 0.25) is 0 Å². The molecule has 1 fully saturated rings. The number of aromatic nitrogens is 4. The Morgan fingerprint density at radius 3 is 2.48 bits per heavy atom. The van der Waals surface area contributed by atoms with Crippen molar-refractivity contribution >= 4 is 43.1 Å². The van der Waals surface area contributed by atoms with Gasteiger partial charge in [0.2, 0.25) is 0 Å². The molecule has 11 heteroatoms. The molecule has 4 heterocycles. The van der Waals surface area contributed by atoms with Crippen molar-refractivity contribution < 1.29 is 8.42 Å². The van der Waals surface area contributed by atoms with Gasteiger partial charge in [0.1, 0.15) is 15.9 Å². The molecule has 1 aliphatic rings. The van der Waals surface area contributed by atoms with Crippen LogP contribution < -0.4 is 4.90 Å². The first-order chi connectivity index (χ1) is 12.9. The first-order valence-corrected chi connectivity index (χ1v) is 11.3. The lowest BCUT2D eigenvalue weighted by atomic mass is 10.3. The predicted molar refractivity (Wildman–Crippen MR) is 107 cm³/mol. The third-order valence-corrected chi connectivity index (χ3v) is 8.25. The molecule has 0 atom stereocenters. The Bertz CT molecular complexity index is 1040. The van der Waals surface area contributed by atoms with Crippen molar-refractivity contribution in [3.05, 3.63) is 46.3 Å². The zero-order valence-electron chi connectivity index (χ0n) is 14.5. The molecule has 3 aromatic rings. The summed E-state index contributed by atoms with van der Waals surface area (Å²) in [6.45, 7) is 3.81. The third-order valence-electron chi connectivity index (χ3n) is 4.26. The Kier molecular flexibility index (Phi) is 5.01. The van der Waals surface area contributed by atoms with Crippen LogP contribution in [-0.4, -0.2) is 58.7 Å². The maximum absolute atomic E-state index is 12.8. The molecule has 4 rings (SSSR count). The van der Waals surface area contributed by atoms with E-state index < -0.39 is 10.0 Å². The molecule has 0 saturated carbocycles. The fourth-order valence-electron chi connectivity index (χ4n) is 2.94. The topological polar surface area (TPSA) is 84.2 Å². The van der Waals surface area contributed by atoms with Crippen molar-refractivity contribution in [2.24, 2.45) is 0 Å². The fourth-order valence-corrected chi connectivity index (χ4v) is 6.53. The first kappa shape index (κ1) is 18.5. The van der Waals surface area contributed by atoms with Crippen LogP contribution in [0.1, 0.15) is 5.82 Å². The molecule has 0 spiro atoms. The summed E-state index contributed by atoms with van der Waals surface area (Å²) in [4.78, 5) is 11.0. The van der Waals surface area contributed by atoms with E-state index in [-0.39, 0.29) is 0 Å². The summed E-state index contributed by atoms with van der Waals surface area (Å²) >= 11 is 4.56. The number of sulfonamides is 1. The summed E-state index contributed by atoms with van der Waals surface area (Å²) in [5.41, 5.74) is 0. The van der Waals surface area contributed by atoms with E-state index in [0.717, 1.165) is 9.60 Å². The molecule has 0 bridgehead atoms. The number of halogens is 1. The van der Waals surface area contributed by atoms with Crippen molar-refractivity contribution in [1.29, 1.82) is 0 Å². The summed E-state index contributed by atoms with van der Waals surface area (Å²) in [6, 6.07) is 7.11. The van der Waals surface area contributed by atoms with Gasteiger partial charge in [-0.2, -0.15) is 9.40 Å². The minimum atomic E-state index is -3.45. The lowest BCUT2D eigenvalue weighted by Crippen LogP contribution is -2.48. The standard InChI is InChI=1S/C16H17BrN6O2S2/c1-12-19-14(11-15(20-12)23-6-2-5-18-23)21-7-9-22(10-8-21)27(24,25)16-4-3-13(17)26-16/h2-6,11H,7-10H2,1H3. The molecule has 0 aromatic carbocycles. The second-order valence-corrected chi connectivity index (χ2v) is 10.7. The molecule has 0 radical (unpaired) electrons.